The van der Waals surface area contributed by atoms with E-state index in [1.165, 1.54) is 13.2 Å². The van der Waals surface area contributed by atoms with E-state index in [4.69, 9.17) is 14.2 Å². The molecule has 39 heavy (non-hydrogen) atoms. The molecule has 2 heterocycles. The minimum atomic E-state index is -0.638. The maximum atomic E-state index is 13.6. The number of nitriles is 1. The van der Waals surface area contributed by atoms with Crippen molar-refractivity contribution in [1.82, 2.24) is 9.88 Å². The SMILES string of the molecule is COCCOc1ccc(C#N)cc1C[C@@H](C(=O)OC)C1CCCN1C(=O)c1ccc(-c2ccc(=O)[nH]c2)cc1. The normalized spacial score (nSPS) is 15.4. The molecule has 2 aromatic carbocycles. The smallest absolute Gasteiger partial charge is 0.311 e. The summed E-state index contributed by atoms with van der Waals surface area (Å²) in [6.07, 6.45) is 3.29. The molecule has 0 aliphatic carbocycles. The van der Waals surface area contributed by atoms with Gasteiger partial charge in [0.25, 0.3) is 5.91 Å². The van der Waals surface area contributed by atoms with Gasteiger partial charge in [0.05, 0.1) is 31.3 Å². The van der Waals surface area contributed by atoms with E-state index < -0.39 is 11.9 Å². The number of amides is 1. The minimum absolute atomic E-state index is 0.165. The zero-order valence-corrected chi connectivity index (χ0v) is 22.0. The van der Waals surface area contributed by atoms with Crippen LogP contribution < -0.4 is 10.3 Å². The first-order valence-electron chi connectivity index (χ1n) is 12.8. The van der Waals surface area contributed by atoms with Crippen molar-refractivity contribution in [3.63, 3.8) is 0 Å². The van der Waals surface area contributed by atoms with Crippen molar-refractivity contribution in [3.8, 4) is 22.9 Å². The molecule has 0 spiro atoms. The maximum Gasteiger partial charge on any atom is 0.311 e. The number of rotatable bonds is 10. The fourth-order valence-corrected chi connectivity index (χ4v) is 4.97. The van der Waals surface area contributed by atoms with Gasteiger partial charge in [-0.3, -0.25) is 14.4 Å². The molecule has 1 amide bonds. The quantitative estimate of drug-likeness (QED) is 0.315. The Morgan fingerprint density at radius 1 is 1.08 bits per heavy atom. The molecule has 1 fully saturated rings. The van der Waals surface area contributed by atoms with Crippen LogP contribution in [-0.4, -0.2) is 61.8 Å². The second-order valence-electron chi connectivity index (χ2n) is 9.34. The molecule has 2 atom stereocenters. The number of nitrogens with one attached hydrogen (secondary N) is 1. The molecule has 1 aliphatic heterocycles. The first-order chi connectivity index (χ1) is 18.9. The summed E-state index contributed by atoms with van der Waals surface area (Å²) in [4.78, 5) is 42.4. The summed E-state index contributed by atoms with van der Waals surface area (Å²) in [6, 6.07) is 17.2. The number of methoxy groups -OCH3 is 2. The number of hydrogen-bond acceptors (Lipinski definition) is 7. The lowest BCUT2D eigenvalue weighted by Crippen LogP contribution is -2.44. The lowest BCUT2D eigenvalue weighted by molar-refractivity contribution is -0.147. The summed E-state index contributed by atoms with van der Waals surface area (Å²) in [7, 11) is 2.92. The Morgan fingerprint density at radius 2 is 1.85 bits per heavy atom. The summed E-state index contributed by atoms with van der Waals surface area (Å²) < 4.78 is 16.1. The first-order valence-corrected chi connectivity index (χ1v) is 12.8. The molecule has 0 radical (unpaired) electrons. The molecule has 0 bridgehead atoms. The van der Waals surface area contributed by atoms with Gasteiger partial charge in [0.1, 0.15) is 12.4 Å². The number of ether oxygens (including phenoxy) is 3. The largest absolute Gasteiger partial charge is 0.491 e. The number of aromatic nitrogens is 1. The third-order valence-corrected chi connectivity index (χ3v) is 6.95. The molecule has 9 nitrogen and oxygen atoms in total. The molecule has 1 unspecified atom stereocenters. The molecule has 0 saturated carbocycles. The zero-order chi connectivity index (χ0) is 27.8. The van der Waals surface area contributed by atoms with Gasteiger partial charge in [-0.05, 0) is 72.4 Å². The number of esters is 1. The fraction of sp³-hybridized carbons (Fsp3) is 0.333. The van der Waals surface area contributed by atoms with Crippen LogP contribution in [-0.2, 0) is 20.7 Å². The van der Waals surface area contributed by atoms with Crippen LogP contribution in [0.15, 0.2) is 65.6 Å². The second kappa shape index (κ2) is 12.9. The van der Waals surface area contributed by atoms with Crippen LogP contribution in [0.4, 0.5) is 0 Å². The second-order valence-corrected chi connectivity index (χ2v) is 9.34. The Balaban J connectivity index is 1.58. The van der Waals surface area contributed by atoms with Crippen LogP contribution in [0.25, 0.3) is 11.1 Å². The number of hydrogen-bond donors (Lipinski definition) is 1. The molecule has 1 saturated heterocycles. The third-order valence-electron chi connectivity index (χ3n) is 6.95. The average molecular weight is 530 g/mol. The van der Waals surface area contributed by atoms with Gasteiger partial charge in [0, 0.05) is 37.5 Å². The number of H-pyrrole nitrogens is 1. The molecule has 1 aliphatic rings. The van der Waals surface area contributed by atoms with Crippen LogP contribution in [0.5, 0.6) is 5.75 Å². The Bertz CT molecular complexity index is 1390. The highest BCUT2D eigenvalue weighted by atomic mass is 16.5. The van der Waals surface area contributed by atoms with E-state index in [2.05, 4.69) is 11.1 Å². The van der Waals surface area contributed by atoms with Crippen LogP contribution in [0.1, 0.15) is 34.3 Å². The predicted molar refractivity (Wildman–Crippen MR) is 144 cm³/mol. The van der Waals surface area contributed by atoms with Crippen molar-refractivity contribution >= 4 is 11.9 Å². The van der Waals surface area contributed by atoms with Gasteiger partial charge in [0.15, 0.2) is 0 Å². The first kappa shape index (κ1) is 27.6. The molecule has 3 aromatic rings. The van der Waals surface area contributed by atoms with Crippen LogP contribution in [0.2, 0.25) is 0 Å². The molecule has 1 aromatic heterocycles. The summed E-state index contributed by atoms with van der Waals surface area (Å²) in [5.74, 6) is -0.658. The van der Waals surface area contributed by atoms with Gasteiger partial charge in [-0.2, -0.15) is 5.26 Å². The number of carbonyl (C=O) groups excluding carboxylic acids is 2. The van der Waals surface area contributed by atoms with Crippen molar-refractivity contribution in [2.75, 3.05) is 34.0 Å². The third kappa shape index (κ3) is 6.54. The van der Waals surface area contributed by atoms with Crippen LogP contribution in [0.3, 0.4) is 0 Å². The summed E-state index contributed by atoms with van der Waals surface area (Å²) in [5.41, 5.74) is 3.18. The molecular formula is C30H31N3O6. The van der Waals surface area contributed by atoms with E-state index in [1.54, 1.807) is 54.6 Å². The lowest BCUT2D eigenvalue weighted by atomic mass is 9.89. The molecule has 9 heteroatoms. The number of aromatic amines is 1. The average Bonchev–Trinajstić information content (AvgIpc) is 3.46. The predicted octanol–water partition coefficient (Wildman–Crippen LogP) is 3.58. The number of carbonyl (C=O) groups is 2. The summed E-state index contributed by atoms with van der Waals surface area (Å²) >= 11 is 0. The lowest BCUT2D eigenvalue weighted by Gasteiger charge is -2.31. The van der Waals surface area contributed by atoms with Crippen molar-refractivity contribution < 1.29 is 23.8 Å². The fourth-order valence-electron chi connectivity index (χ4n) is 4.97. The van der Waals surface area contributed by atoms with Crippen molar-refractivity contribution in [1.29, 1.82) is 5.26 Å². The van der Waals surface area contributed by atoms with Crippen molar-refractivity contribution in [2.24, 2.45) is 5.92 Å². The van der Waals surface area contributed by atoms with E-state index in [0.717, 1.165) is 17.5 Å². The molecule has 4 rings (SSSR count). The highest BCUT2D eigenvalue weighted by molar-refractivity contribution is 5.95. The summed E-state index contributed by atoms with van der Waals surface area (Å²) in [5, 5.41) is 9.44. The van der Waals surface area contributed by atoms with Crippen LogP contribution >= 0.6 is 0 Å². The van der Waals surface area contributed by atoms with Gasteiger partial charge in [-0.15, -0.1) is 0 Å². The van der Waals surface area contributed by atoms with Gasteiger partial charge in [0.2, 0.25) is 5.56 Å². The Hall–Kier alpha value is -4.42. The Morgan fingerprint density at radius 3 is 2.51 bits per heavy atom. The van der Waals surface area contributed by atoms with Gasteiger partial charge in [-0.25, -0.2) is 0 Å². The van der Waals surface area contributed by atoms with E-state index in [1.807, 2.05) is 12.1 Å². The van der Waals surface area contributed by atoms with Gasteiger partial charge < -0.3 is 24.1 Å². The van der Waals surface area contributed by atoms with E-state index in [0.29, 0.717) is 48.6 Å². The van der Waals surface area contributed by atoms with Crippen LogP contribution in [0, 0.1) is 17.2 Å². The van der Waals surface area contributed by atoms with Gasteiger partial charge >= 0.3 is 5.97 Å². The maximum absolute atomic E-state index is 13.6. The van der Waals surface area contributed by atoms with Gasteiger partial charge in [-0.1, -0.05) is 12.1 Å². The molecule has 1 N–H and O–H groups in total. The monoisotopic (exact) mass is 529 g/mol. The van der Waals surface area contributed by atoms with E-state index in [-0.39, 0.29) is 23.9 Å². The Labute approximate surface area is 226 Å². The highest BCUT2D eigenvalue weighted by Crippen LogP contribution is 2.32. The highest BCUT2D eigenvalue weighted by Gasteiger charge is 2.39. The summed E-state index contributed by atoms with van der Waals surface area (Å²) in [6.45, 7) is 1.24. The van der Waals surface area contributed by atoms with E-state index in [9.17, 15) is 19.6 Å². The number of likely N-dealkylation sites (tertiary alicyclic amines) is 1. The number of benzene rings is 2. The number of pyridine rings is 1. The molecule has 202 valence electrons. The van der Waals surface area contributed by atoms with Crippen molar-refractivity contribution in [3.05, 3.63) is 87.8 Å². The number of nitrogens with zero attached hydrogens (tertiary/aromatic N) is 2. The standard InChI is InChI=1S/C30H31N3O6/c1-37-14-15-39-27-11-5-20(18-31)16-24(27)17-25(30(36)38-2)26-4-3-13-33(26)29(35)22-8-6-21(7-9-22)23-10-12-28(34)32-19-23/h5-12,16,19,25-26H,3-4,13-15,17H2,1-2H3,(H,32,34)/t25-,26?/m1/s1. The molecular weight excluding hydrogens is 498 g/mol. The van der Waals surface area contributed by atoms with E-state index >= 15 is 0 Å². The Kier molecular flexibility index (Phi) is 9.13. The zero-order valence-electron chi connectivity index (χ0n) is 22.0. The van der Waals surface area contributed by atoms with Crippen molar-refractivity contribution in [2.45, 2.75) is 25.3 Å². The topological polar surface area (TPSA) is 122 Å². The minimum Gasteiger partial charge on any atom is -0.491 e.